The van der Waals surface area contributed by atoms with Gasteiger partial charge in [-0.1, -0.05) is 30.3 Å². The summed E-state index contributed by atoms with van der Waals surface area (Å²) in [6, 6.07) is 16.6. The van der Waals surface area contributed by atoms with E-state index in [-0.39, 0.29) is 0 Å². The fourth-order valence-corrected chi connectivity index (χ4v) is 3.08. The van der Waals surface area contributed by atoms with E-state index in [4.69, 9.17) is 0 Å². The molecule has 3 aromatic rings. The highest BCUT2D eigenvalue weighted by molar-refractivity contribution is 7.12. The van der Waals surface area contributed by atoms with Gasteiger partial charge in [-0.15, -0.1) is 0 Å². The topological polar surface area (TPSA) is 31.8 Å². The molecule has 0 bridgehead atoms. The summed E-state index contributed by atoms with van der Waals surface area (Å²) in [5.41, 5.74) is 4.45. The Hall–Kier alpha value is -2.40. The zero-order valence-electron chi connectivity index (χ0n) is 14.2. The van der Waals surface area contributed by atoms with Gasteiger partial charge in [0.25, 0.3) is 0 Å². The summed E-state index contributed by atoms with van der Waals surface area (Å²) in [4.78, 5) is 0. The second-order valence-electron chi connectivity index (χ2n) is 5.86. The highest BCUT2D eigenvalue weighted by atomic mass is 32.1. The summed E-state index contributed by atoms with van der Waals surface area (Å²) in [6.07, 6.45) is 2.05. The molecule has 24 heavy (non-hydrogen) atoms. The third-order valence-corrected chi connectivity index (χ3v) is 4.58. The molecule has 7 heteroatoms. The zero-order chi connectivity index (χ0) is 16.9. The molecule has 0 saturated heterocycles. The first-order valence-electron chi connectivity index (χ1n) is 7.84. The molecule has 0 amide bonds. The molecule has 1 heterocycles. The molecule has 118 valence electrons. The predicted molar refractivity (Wildman–Crippen MR) is 105 cm³/mol. The molecule has 0 saturated carbocycles. The van der Waals surface area contributed by atoms with Gasteiger partial charge in [0.05, 0.1) is 5.11 Å². The van der Waals surface area contributed by atoms with Crippen molar-refractivity contribution in [1.29, 1.82) is 0 Å². The Bertz CT molecular complexity index is 847. The molecule has 0 N–H and O–H groups in total. The van der Waals surface area contributed by atoms with Crippen LogP contribution in [0.3, 0.4) is 0 Å². The monoisotopic (exact) mass is 333 g/mol. The Labute approximate surface area is 148 Å². The van der Waals surface area contributed by atoms with Gasteiger partial charge in [-0.2, -0.15) is 0 Å². The summed E-state index contributed by atoms with van der Waals surface area (Å²) in [5.74, 6) is 0. The molecule has 0 spiro atoms. The van der Waals surface area contributed by atoms with Crippen LogP contribution in [0, 0.1) is 6.92 Å². The number of aryl methyl sites for hydroxylation is 1. The number of azo groups is 1. The second-order valence-corrected chi connectivity index (χ2v) is 6.74. The Morgan fingerprint density at radius 2 is 1.88 bits per heavy atom. The van der Waals surface area contributed by atoms with Crippen molar-refractivity contribution in [3.8, 4) is 0 Å². The van der Waals surface area contributed by atoms with Gasteiger partial charge in [0.1, 0.15) is 18.4 Å². The van der Waals surface area contributed by atoms with Crippen LogP contribution in [-0.2, 0) is 6.54 Å². The fraction of sp³-hybridized carbons (Fsp3) is 0.118. The summed E-state index contributed by atoms with van der Waals surface area (Å²) < 4.78 is 4.20. The Morgan fingerprint density at radius 1 is 1.08 bits per heavy atom. The lowest BCUT2D eigenvalue weighted by Crippen LogP contribution is -2.31. The quantitative estimate of drug-likeness (QED) is 0.401. The summed E-state index contributed by atoms with van der Waals surface area (Å²) in [5, 5.41) is 11.8. The lowest BCUT2D eigenvalue weighted by atomic mass is 10.1. The minimum absolute atomic E-state index is 0.803. The van der Waals surface area contributed by atoms with Crippen molar-refractivity contribution in [2.75, 3.05) is 4.72 Å². The average molecular weight is 333 g/mol. The van der Waals surface area contributed by atoms with E-state index < -0.39 is 0 Å². The maximum atomic E-state index is 4.46. The van der Waals surface area contributed by atoms with Gasteiger partial charge in [-0.3, -0.25) is 0 Å². The minimum atomic E-state index is 0.803. The van der Waals surface area contributed by atoms with Crippen molar-refractivity contribution in [2.45, 2.75) is 13.5 Å². The van der Waals surface area contributed by atoms with Crippen molar-refractivity contribution < 1.29 is 4.57 Å². The SMILES string of the molecule is BN(B)c1ccc(/N=N/c2scc[n+]2Cc2ccccc2)c(C)c1. The molecule has 1 aromatic heterocycles. The molecule has 4 nitrogen and oxygen atoms in total. The first-order valence-corrected chi connectivity index (χ1v) is 8.72. The van der Waals surface area contributed by atoms with Crippen LogP contribution in [0.25, 0.3) is 0 Å². The molecule has 0 atom stereocenters. The standard InChI is InChI=1S/C17H19B2N4S/c1-13-11-15(23(18)19)7-8-16(13)20-21-17-22(9-10-24-17)12-14-5-3-2-4-6-14/h2-11H,12,18-19H2,1H3/q+1. The molecule has 0 unspecified atom stereocenters. The van der Waals surface area contributed by atoms with Crippen molar-refractivity contribution in [1.82, 2.24) is 0 Å². The molecular formula is C17H19B2N4S+. The molecule has 0 aliphatic heterocycles. The lowest BCUT2D eigenvalue weighted by molar-refractivity contribution is -0.671. The molecular weight excluding hydrogens is 314 g/mol. The number of rotatable bonds is 5. The van der Waals surface area contributed by atoms with E-state index in [0.717, 1.165) is 22.9 Å². The summed E-state index contributed by atoms with van der Waals surface area (Å²) in [7, 11) is 4.07. The van der Waals surface area contributed by atoms with Crippen molar-refractivity contribution in [3.63, 3.8) is 0 Å². The maximum Gasteiger partial charge on any atom is 0.408 e. The normalized spacial score (nSPS) is 11.0. The maximum absolute atomic E-state index is 4.46. The van der Waals surface area contributed by atoms with E-state index in [0.29, 0.717) is 0 Å². The van der Waals surface area contributed by atoms with Crippen LogP contribution in [0.1, 0.15) is 11.1 Å². The summed E-state index contributed by atoms with van der Waals surface area (Å²) >= 11 is 1.60. The summed E-state index contributed by atoms with van der Waals surface area (Å²) in [6.45, 7) is 2.87. The molecule has 0 fully saturated rings. The molecule has 0 aliphatic carbocycles. The number of hydrogen-bond acceptors (Lipinski definition) is 4. The van der Waals surface area contributed by atoms with Crippen molar-refractivity contribution >= 4 is 43.8 Å². The van der Waals surface area contributed by atoms with E-state index in [1.165, 1.54) is 11.3 Å². The van der Waals surface area contributed by atoms with Gasteiger partial charge in [-0.05, 0) is 52.7 Å². The van der Waals surface area contributed by atoms with E-state index in [1.807, 2.05) is 39.7 Å². The number of nitrogens with zero attached hydrogens (tertiary/aromatic N) is 4. The first-order chi connectivity index (χ1) is 11.6. The zero-order valence-corrected chi connectivity index (χ0v) is 15.0. The van der Waals surface area contributed by atoms with Crippen LogP contribution in [0.4, 0.5) is 16.5 Å². The highest BCUT2D eigenvalue weighted by Gasteiger charge is 2.13. The van der Waals surface area contributed by atoms with Crippen molar-refractivity contribution in [3.05, 3.63) is 71.2 Å². The second kappa shape index (κ2) is 7.45. The van der Waals surface area contributed by atoms with Gasteiger partial charge in [0, 0.05) is 11.1 Å². The Morgan fingerprint density at radius 3 is 2.58 bits per heavy atom. The lowest BCUT2D eigenvalue weighted by Gasteiger charge is -2.13. The van der Waals surface area contributed by atoms with Crippen LogP contribution in [0.2, 0.25) is 0 Å². The van der Waals surface area contributed by atoms with E-state index in [9.17, 15) is 0 Å². The molecule has 0 radical (unpaired) electrons. The highest BCUT2D eigenvalue weighted by Crippen LogP contribution is 2.26. The number of thiazole rings is 1. The van der Waals surface area contributed by atoms with Crippen LogP contribution in [-0.4, -0.2) is 16.0 Å². The van der Waals surface area contributed by atoms with Crippen LogP contribution in [0.5, 0.6) is 0 Å². The van der Waals surface area contributed by atoms with E-state index in [2.05, 4.69) is 62.8 Å². The van der Waals surface area contributed by atoms with Gasteiger partial charge in [-0.25, -0.2) is 4.57 Å². The third-order valence-electron chi connectivity index (χ3n) is 3.80. The largest absolute Gasteiger partial charge is 0.472 e. The van der Waals surface area contributed by atoms with Gasteiger partial charge in [0.2, 0.25) is 16.0 Å². The van der Waals surface area contributed by atoms with Crippen LogP contribution >= 0.6 is 11.3 Å². The van der Waals surface area contributed by atoms with Crippen LogP contribution in [0.15, 0.2) is 70.3 Å². The number of benzene rings is 2. The first kappa shape index (κ1) is 16.5. The number of hydrogen-bond donors (Lipinski definition) is 0. The Balaban J connectivity index is 1.79. The molecule has 2 aromatic carbocycles. The predicted octanol–water partition coefficient (Wildman–Crippen LogP) is 2.71. The third kappa shape index (κ3) is 3.92. The molecule has 0 aliphatic rings. The molecule has 3 rings (SSSR count). The van der Waals surface area contributed by atoms with Gasteiger partial charge >= 0.3 is 5.13 Å². The smallest absolute Gasteiger partial charge is 0.408 e. The minimum Gasteiger partial charge on any atom is -0.472 e. The van der Waals surface area contributed by atoms with E-state index in [1.54, 1.807) is 11.3 Å². The van der Waals surface area contributed by atoms with Crippen molar-refractivity contribution in [2.24, 2.45) is 10.2 Å². The van der Waals surface area contributed by atoms with Crippen LogP contribution < -0.4 is 9.29 Å². The van der Waals surface area contributed by atoms with Gasteiger partial charge < -0.3 is 4.72 Å². The Kier molecular flexibility index (Phi) is 5.11. The number of aromatic nitrogens is 1. The van der Waals surface area contributed by atoms with E-state index >= 15 is 0 Å². The average Bonchev–Trinajstić information content (AvgIpc) is 3.01. The fourth-order valence-electron chi connectivity index (χ4n) is 2.40. The van der Waals surface area contributed by atoms with Gasteiger partial charge in [0.15, 0.2) is 0 Å². The number of anilines is 1.